The van der Waals surface area contributed by atoms with Gasteiger partial charge in [0.2, 0.25) is 0 Å². The van der Waals surface area contributed by atoms with Crippen molar-refractivity contribution in [2.24, 2.45) is 0 Å². The van der Waals surface area contributed by atoms with Gasteiger partial charge in [-0.25, -0.2) is 9.59 Å². The molecule has 7 heteroatoms. The summed E-state index contributed by atoms with van der Waals surface area (Å²) in [4.78, 5) is 23.0. The van der Waals surface area contributed by atoms with E-state index < -0.39 is 27.8 Å². The summed E-state index contributed by atoms with van der Waals surface area (Å²) >= 11 is -0.878. The molecular weight excluding hydrogens is 291 g/mol. The smallest absolute Gasteiger partial charge is 0.619 e. The third-order valence-corrected chi connectivity index (χ3v) is 3.57. The molecule has 0 saturated carbocycles. The SMILES string of the molecule is CCOC(=O)/C(C)=C(/C)[O][Al][O]/C(C)=C(/C)C(=O)OCC. The number of ether oxygens (including phenoxy) is 2. The molecule has 6 nitrogen and oxygen atoms in total. The molecule has 0 unspecified atom stereocenters. The van der Waals surface area contributed by atoms with E-state index in [1.807, 2.05) is 0 Å². The predicted molar refractivity (Wildman–Crippen MR) is 77.9 cm³/mol. The van der Waals surface area contributed by atoms with Crippen LogP contribution in [0.1, 0.15) is 41.5 Å². The van der Waals surface area contributed by atoms with Gasteiger partial charge in [-0.15, -0.1) is 0 Å². The molecule has 0 N–H and O–H groups in total. The first kappa shape index (κ1) is 19.6. The number of esters is 2. The van der Waals surface area contributed by atoms with E-state index in [-0.39, 0.29) is 0 Å². The van der Waals surface area contributed by atoms with E-state index >= 15 is 0 Å². The van der Waals surface area contributed by atoms with Gasteiger partial charge in [-0.05, 0) is 41.5 Å². The van der Waals surface area contributed by atoms with E-state index in [0.717, 1.165) is 0 Å². The van der Waals surface area contributed by atoms with Crippen LogP contribution in [0, 0.1) is 0 Å². The van der Waals surface area contributed by atoms with Crippen LogP contribution in [0.2, 0.25) is 0 Å². The number of rotatable bonds is 8. The standard InChI is InChI=1S/2C7H12O3.Al/c2*1-4-10-7(9)5(2)6(3)8;/h2*8H,4H2,1-3H3;/q;;+2/p-2/b2*6-5-;. The van der Waals surface area contributed by atoms with Gasteiger partial charge in [0.15, 0.2) is 0 Å². The molecule has 0 amide bonds. The Bertz CT molecular complexity index is 399. The van der Waals surface area contributed by atoms with Gasteiger partial charge >= 0.3 is 27.8 Å². The van der Waals surface area contributed by atoms with Crippen LogP contribution >= 0.6 is 0 Å². The Morgan fingerprint density at radius 3 is 1.38 bits per heavy atom. The van der Waals surface area contributed by atoms with Gasteiger partial charge in [-0.2, -0.15) is 0 Å². The summed E-state index contributed by atoms with van der Waals surface area (Å²) in [6.07, 6.45) is 0. The monoisotopic (exact) mass is 313 g/mol. The van der Waals surface area contributed by atoms with Crippen molar-refractivity contribution in [1.29, 1.82) is 0 Å². The van der Waals surface area contributed by atoms with Gasteiger partial charge in [0.1, 0.15) is 0 Å². The molecule has 0 fully saturated rings. The van der Waals surface area contributed by atoms with E-state index in [9.17, 15) is 9.59 Å². The second-order valence-corrected chi connectivity index (χ2v) is 4.80. The van der Waals surface area contributed by atoms with Gasteiger partial charge in [0, 0.05) is 0 Å². The van der Waals surface area contributed by atoms with Crippen LogP contribution in [0.25, 0.3) is 0 Å². The Morgan fingerprint density at radius 2 is 1.10 bits per heavy atom. The van der Waals surface area contributed by atoms with Crippen molar-refractivity contribution in [2.75, 3.05) is 13.2 Å². The first-order valence-corrected chi connectivity index (χ1v) is 7.63. The van der Waals surface area contributed by atoms with Crippen LogP contribution in [-0.2, 0) is 26.6 Å². The lowest BCUT2D eigenvalue weighted by Crippen LogP contribution is -2.12. The first-order chi connectivity index (χ1) is 9.84. The van der Waals surface area contributed by atoms with Gasteiger partial charge in [-0.3, -0.25) is 0 Å². The topological polar surface area (TPSA) is 71.1 Å². The van der Waals surface area contributed by atoms with E-state index in [1.54, 1.807) is 41.5 Å². The Kier molecular flexibility index (Phi) is 9.59. The summed E-state index contributed by atoms with van der Waals surface area (Å²) in [6, 6.07) is 0. The van der Waals surface area contributed by atoms with Crippen LogP contribution in [-0.4, -0.2) is 41.0 Å². The van der Waals surface area contributed by atoms with Gasteiger partial charge < -0.3 is 17.1 Å². The van der Waals surface area contributed by atoms with Gasteiger partial charge in [-0.1, -0.05) is 0 Å². The first-order valence-electron chi connectivity index (χ1n) is 6.69. The summed E-state index contributed by atoms with van der Waals surface area (Å²) in [5, 5.41) is 0. The van der Waals surface area contributed by atoms with E-state index in [0.29, 0.717) is 35.9 Å². The Morgan fingerprint density at radius 1 is 0.762 bits per heavy atom. The van der Waals surface area contributed by atoms with Crippen LogP contribution < -0.4 is 0 Å². The van der Waals surface area contributed by atoms with Crippen molar-refractivity contribution in [1.82, 2.24) is 0 Å². The number of hydrogen-bond acceptors (Lipinski definition) is 6. The second kappa shape index (κ2) is 10.3. The van der Waals surface area contributed by atoms with Crippen LogP contribution in [0.4, 0.5) is 0 Å². The Balaban J connectivity index is 4.48. The van der Waals surface area contributed by atoms with Crippen molar-refractivity contribution in [3.8, 4) is 0 Å². The minimum absolute atomic E-state index is 0.313. The van der Waals surface area contributed by atoms with Crippen molar-refractivity contribution >= 4 is 27.8 Å². The normalized spacial score (nSPS) is 12.7. The fourth-order valence-corrected chi connectivity index (χ4v) is 1.80. The molecule has 0 aliphatic carbocycles. The molecule has 1 radical (unpaired) electrons. The summed E-state index contributed by atoms with van der Waals surface area (Å²) in [6.45, 7) is 10.7. The van der Waals surface area contributed by atoms with Crippen molar-refractivity contribution < 1.29 is 26.6 Å². The minimum atomic E-state index is -0.878. The molecule has 21 heavy (non-hydrogen) atoms. The molecule has 0 saturated heterocycles. The lowest BCUT2D eigenvalue weighted by Gasteiger charge is -2.13. The summed E-state index contributed by atoms with van der Waals surface area (Å²) in [5.74, 6) is 0.0730. The van der Waals surface area contributed by atoms with Gasteiger partial charge in [0.05, 0.1) is 35.9 Å². The fraction of sp³-hybridized carbons (Fsp3) is 0.571. The van der Waals surface area contributed by atoms with Crippen molar-refractivity contribution in [3.05, 3.63) is 22.7 Å². The lowest BCUT2D eigenvalue weighted by atomic mass is 10.3. The third-order valence-electron chi connectivity index (χ3n) is 2.67. The maximum absolute atomic E-state index is 11.5. The molecule has 0 aromatic carbocycles. The highest BCUT2D eigenvalue weighted by Crippen LogP contribution is 2.10. The maximum atomic E-state index is 11.5. The molecule has 0 aromatic heterocycles. The third kappa shape index (κ3) is 7.21. The number of carbonyl (C=O) groups excluding carboxylic acids is 2. The highest BCUT2D eigenvalue weighted by atomic mass is 27.2. The van der Waals surface area contributed by atoms with Crippen LogP contribution in [0.3, 0.4) is 0 Å². The van der Waals surface area contributed by atoms with Crippen molar-refractivity contribution in [2.45, 2.75) is 41.5 Å². The zero-order valence-corrected chi connectivity index (χ0v) is 14.6. The fourth-order valence-electron chi connectivity index (χ4n) is 1.11. The average Bonchev–Trinajstić information content (AvgIpc) is 2.45. The van der Waals surface area contributed by atoms with Crippen molar-refractivity contribution in [3.63, 3.8) is 0 Å². The van der Waals surface area contributed by atoms with Crippen LogP contribution in [0.15, 0.2) is 22.7 Å². The summed E-state index contributed by atoms with van der Waals surface area (Å²) in [5.41, 5.74) is 0.799. The van der Waals surface area contributed by atoms with E-state index in [4.69, 9.17) is 17.1 Å². The number of hydrogen-bond donors (Lipinski definition) is 0. The summed E-state index contributed by atoms with van der Waals surface area (Å²) < 4.78 is 20.5. The highest BCUT2D eigenvalue weighted by Gasteiger charge is 2.15. The maximum Gasteiger partial charge on any atom is 0.881 e. The number of allylic oxidation sites excluding steroid dienone is 2. The molecule has 0 heterocycles. The zero-order chi connectivity index (χ0) is 16.4. The van der Waals surface area contributed by atoms with Crippen LogP contribution in [0.5, 0.6) is 0 Å². The predicted octanol–water partition coefficient (Wildman–Crippen LogP) is 2.27. The quantitative estimate of drug-likeness (QED) is 0.296. The molecule has 117 valence electrons. The molecular formula is C14H22AlO6. The lowest BCUT2D eigenvalue weighted by molar-refractivity contribution is -0.139. The second-order valence-electron chi connectivity index (χ2n) is 4.14. The number of carbonyl (C=O) groups is 2. The Hall–Kier alpha value is -1.45. The summed E-state index contributed by atoms with van der Waals surface area (Å²) in [7, 11) is 0. The van der Waals surface area contributed by atoms with E-state index in [2.05, 4.69) is 0 Å². The largest absolute Gasteiger partial charge is 0.881 e. The molecule has 0 atom stereocenters. The molecule has 0 aliphatic rings. The highest BCUT2D eigenvalue weighted by molar-refractivity contribution is 6.19. The Labute approximate surface area is 132 Å². The molecule has 0 aromatic rings. The molecule has 0 spiro atoms. The zero-order valence-electron chi connectivity index (χ0n) is 13.4. The molecule has 0 aliphatic heterocycles. The van der Waals surface area contributed by atoms with E-state index in [1.165, 1.54) is 0 Å². The minimum Gasteiger partial charge on any atom is -0.619 e. The molecule has 0 rings (SSSR count). The molecule has 0 bridgehead atoms. The van der Waals surface area contributed by atoms with Gasteiger partial charge in [0.25, 0.3) is 0 Å². The average molecular weight is 313 g/mol.